The van der Waals surface area contributed by atoms with Crippen LogP contribution in [0.2, 0.25) is 0 Å². The molecule has 0 aromatic heterocycles. The van der Waals surface area contributed by atoms with Gasteiger partial charge >= 0.3 is 0 Å². The van der Waals surface area contributed by atoms with Crippen molar-refractivity contribution in [1.29, 1.82) is 0 Å². The summed E-state index contributed by atoms with van der Waals surface area (Å²) in [6.07, 6.45) is 12.5. The van der Waals surface area contributed by atoms with Crippen LogP contribution < -0.4 is 0 Å². The molecule has 5 unspecified atom stereocenters. The van der Waals surface area contributed by atoms with Crippen molar-refractivity contribution in [2.75, 3.05) is 19.4 Å². The van der Waals surface area contributed by atoms with E-state index in [1.165, 1.54) is 52.0 Å². The summed E-state index contributed by atoms with van der Waals surface area (Å²) in [5.41, 5.74) is 0. The number of hydroxylamine groups is 2. The molecule has 1 saturated carbocycles. The Morgan fingerprint density at radius 1 is 1.19 bits per heavy atom. The monoisotopic (exact) mass is 399 g/mol. The van der Waals surface area contributed by atoms with Crippen molar-refractivity contribution in [2.24, 2.45) is 11.8 Å². The Labute approximate surface area is 168 Å². The van der Waals surface area contributed by atoms with Crippen LogP contribution in [0.1, 0.15) is 71.1 Å². The molecule has 0 aromatic rings. The fraction of sp³-hybridized carbons (Fsp3) is 0.952. The highest BCUT2D eigenvalue weighted by Gasteiger charge is 2.51. The molecule has 1 N–H and O–H groups in total. The number of nitrogens with zero attached hydrogens (tertiary/aromatic N) is 1. The zero-order valence-corrected chi connectivity index (χ0v) is 17.8. The molecule has 1 aliphatic carbocycles. The van der Waals surface area contributed by atoms with Gasteiger partial charge in [0, 0.05) is 30.6 Å². The number of carbonyl (C=O) groups is 1. The molecule has 27 heavy (non-hydrogen) atoms. The fourth-order valence-corrected chi connectivity index (χ4v) is 6.42. The van der Waals surface area contributed by atoms with Crippen LogP contribution in [0.15, 0.2) is 0 Å². The van der Waals surface area contributed by atoms with Crippen molar-refractivity contribution in [3.05, 3.63) is 0 Å². The quantitative estimate of drug-likeness (QED) is 0.338. The lowest BCUT2D eigenvalue weighted by Gasteiger charge is -2.33. The lowest BCUT2D eigenvalue weighted by molar-refractivity contribution is -0.159. The van der Waals surface area contributed by atoms with Crippen molar-refractivity contribution in [2.45, 2.75) is 94.7 Å². The highest BCUT2D eigenvalue weighted by atomic mass is 32.2. The van der Waals surface area contributed by atoms with Crippen LogP contribution in [0.3, 0.4) is 0 Å². The topological polar surface area (TPSA) is 59.0 Å². The summed E-state index contributed by atoms with van der Waals surface area (Å²) in [6, 6.07) is 0. The lowest BCUT2D eigenvalue weighted by atomic mass is 9.78. The van der Waals surface area contributed by atoms with E-state index < -0.39 is 0 Å². The van der Waals surface area contributed by atoms with Gasteiger partial charge in [0.25, 0.3) is 0 Å². The van der Waals surface area contributed by atoms with Gasteiger partial charge in [0.05, 0.1) is 24.9 Å². The first-order valence-corrected chi connectivity index (χ1v) is 11.9. The molecule has 0 radical (unpaired) electrons. The number of ether oxygens (including phenoxy) is 2. The maximum absolute atomic E-state index is 11.4. The van der Waals surface area contributed by atoms with Crippen molar-refractivity contribution in [3.8, 4) is 0 Å². The Kier molecular flexibility index (Phi) is 8.30. The molecule has 2 saturated heterocycles. The van der Waals surface area contributed by atoms with Gasteiger partial charge in [-0.05, 0) is 44.3 Å². The third-order valence-electron chi connectivity index (χ3n) is 6.63. The average molecular weight is 400 g/mol. The first-order chi connectivity index (χ1) is 13.1. The Morgan fingerprint density at radius 2 is 1.93 bits per heavy atom. The van der Waals surface area contributed by atoms with E-state index in [4.69, 9.17) is 14.7 Å². The van der Waals surface area contributed by atoms with E-state index in [0.717, 1.165) is 25.2 Å². The van der Waals surface area contributed by atoms with E-state index in [9.17, 15) is 4.79 Å². The Morgan fingerprint density at radius 3 is 2.67 bits per heavy atom. The molecule has 5 atom stereocenters. The molecule has 1 amide bonds. The van der Waals surface area contributed by atoms with Crippen LogP contribution in [-0.4, -0.2) is 59.1 Å². The maximum atomic E-state index is 11.4. The van der Waals surface area contributed by atoms with Gasteiger partial charge in [-0.25, -0.2) is 5.06 Å². The van der Waals surface area contributed by atoms with E-state index in [1.807, 2.05) is 11.8 Å². The van der Waals surface area contributed by atoms with Gasteiger partial charge in [0.15, 0.2) is 0 Å². The van der Waals surface area contributed by atoms with Gasteiger partial charge in [0.1, 0.15) is 0 Å². The van der Waals surface area contributed by atoms with Crippen molar-refractivity contribution in [3.63, 3.8) is 0 Å². The van der Waals surface area contributed by atoms with Gasteiger partial charge in [-0.15, -0.1) is 0 Å². The zero-order valence-electron chi connectivity index (χ0n) is 17.0. The summed E-state index contributed by atoms with van der Waals surface area (Å²) >= 11 is 2.02. The molecule has 0 aromatic carbocycles. The molecule has 6 heteroatoms. The van der Waals surface area contributed by atoms with E-state index in [1.54, 1.807) is 0 Å². The predicted molar refractivity (Wildman–Crippen MR) is 108 cm³/mol. The highest BCUT2D eigenvalue weighted by molar-refractivity contribution is 7.99. The van der Waals surface area contributed by atoms with E-state index >= 15 is 0 Å². The second-order valence-corrected chi connectivity index (χ2v) is 10.1. The number of carbonyl (C=O) groups excluding carboxylic acids is 1. The minimum absolute atomic E-state index is 0.200. The zero-order chi connectivity index (χ0) is 19.2. The smallest absolute Gasteiger partial charge is 0.245 e. The molecule has 2 aliphatic heterocycles. The van der Waals surface area contributed by atoms with Gasteiger partial charge in [0.2, 0.25) is 5.91 Å². The van der Waals surface area contributed by atoms with Crippen LogP contribution in [0.5, 0.6) is 0 Å². The summed E-state index contributed by atoms with van der Waals surface area (Å²) in [5, 5.41) is 10.4. The number of fused-ring (bicyclic) bond motifs is 2. The number of unbranched alkanes of at least 4 members (excludes halogenated alkanes) is 1. The van der Waals surface area contributed by atoms with Gasteiger partial charge in [-0.2, -0.15) is 11.8 Å². The normalized spacial score (nSPS) is 32.0. The molecule has 2 heterocycles. The van der Waals surface area contributed by atoms with Crippen molar-refractivity contribution >= 4 is 17.7 Å². The number of amides is 1. The second-order valence-electron chi connectivity index (χ2n) is 8.58. The van der Waals surface area contributed by atoms with Crippen LogP contribution in [0, 0.1) is 11.8 Å². The van der Waals surface area contributed by atoms with E-state index in [0.29, 0.717) is 46.9 Å². The van der Waals surface area contributed by atoms with Crippen LogP contribution in [0.4, 0.5) is 0 Å². The molecular formula is C21H37NO4S. The molecular weight excluding hydrogens is 362 g/mol. The van der Waals surface area contributed by atoms with Crippen molar-refractivity contribution in [1.82, 2.24) is 5.06 Å². The summed E-state index contributed by atoms with van der Waals surface area (Å²) < 4.78 is 12.6. The molecule has 3 rings (SSSR count). The highest BCUT2D eigenvalue weighted by Crippen LogP contribution is 2.48. The molecule has 5 nitrogen and oxygen atoms in total. The number of thioether (sulfide) groups is 1. The fourth-order valence-electron chi connectivity index (χ4n) is 5.08. The summed E-state index contributed by atoms with van der Waals surface area (Å²) in [4.78, 5) is 11.4. The molecule has 3 fully saturated rings. The van der Waals surface area contributed by atoms with Crippen molar-refractivity contribution < 1.29 is 19.5 Å². The van der Waals surface area contributed by atoms with E-state index in [-0.39, 0.29) is 5.91 Å². The molecule has 156 valence electrons. The minimum Gasteiger partial charge on any atom is -0.378 e. The predicted octanol–water partition coefficient (Wildman–Crippen LogP) is 4.27. The van der Waals surface area contributed by atoms with Gasteiger partial charge in [-0.1, -0.05) is 26.2 Å². The summed E-state index contributed by atoms with van der Waals surface area (Å²) in [5.74, 6) is 2.02. The largest absolute Gasteiger partial charge is 0.378 e. The third kappa shape index (κ3) is 5.84. The van der Waals surface area contributed by atoms with Crippen LogP contribution >= 0.6 is 11.8 Å². The first kappa shape index (κ1) is 21.4. The Bertz CT molecular complexity index is 469. The molecule has 2 bridgehead atoms. The van der Waals surface area contributed by atoms with E-state index in [2.05, 4.69) is 6.92 Å². The van der Waals surface area contributed by atoms with Gasteiger partial charge in [-0.3, -0.25) is 10.0 Å². The third-order valence-corrected chi connectivity index (χ3v) is 8.00. The number of hydrogen-bond acceptors (Lipinski definition) is 5. The number of hydrogen-bond donors (Lipinski definition) is 1. The summed E-state index contributed by atoms with van der Waals surface area (Å²) in [6.45, 7) is 3.22. The lowest BCUT2D eigenvalue weighted by Crippen LogP contribution is -2.37. The standard InChI is InChI=1S/C21H37NO4S/c1-15(27-13-7-6-10-20(23)22(2)24)21-17(18-11-12-19(21)26-18)14-25-16-8-4-3-5-9-16/h15-19,21,24H,3-14H2,1-2H3. The second kappa shape index (κ2) is 10.5. The van der Waals surface area contributed by atoms with Crippen LogP contribution in [-0.2, 0) is 14.3 Å². The SMILES string of the molecule is CC(SCCCCC(=O)N(C)O)C1C2CCC(O2)C1COC1CCCCC1. The average Bonchev–Trinajstić information content (AvgIpc) is 3.28. The Hall–Kier alpha value is -0.300. The molecule has 0 spiro atoms. The minimum atomic E-state index is -0.200. The maximum Gasteiger partial charge on any atom is 0.245 e. The summed E-state index contributed by atoms with van der Waals surface area (Å²) in [7, 11) is 1.39. The Balaban J connectivity index is 1.40. The first-order valence-electron chi connectivity index (χ1n) is 10.9. The van der Waals surface area contributed by atoms with Gasteiger partial charge < -0.3 is 9.47 Å². The van der Waals surface area contributed by atoms with Crippen LogP contribution in [0.25, 0.3) is 0 Å². The number of rotatable bonds is 10. The molecule has 3 aliphatic rings.